The van der Waals surface area contributed by atoms with E-state index >= 15 is 0 Å². The number of rotatable bonds is 9. The topological polar surface area (TPSA) is 80.3 Å². The number of carbonyl (C=O) groups is 1. The molecule has 0 amide bonds. The van der Waals surface area contributed by atoms with Crippen LogP contribution in [-0.2, 0) is 24.7 Å². The van der Waals surface area contributed by atoms with E-state index in [0.29, 0.717) is 11.5 Å². The predicted molar refractivity (Wildman–Crippen MR) is 312 cm³/mol. The van der Waals surface area contributed by atoms with Crippen LogP contribution in [0, 0.1) is 41.5 Å². The van der Waals surface area contributed by atoms with Gasteiger partial charge in [-0.1, -0.05) is 160 Å². The molecule has 1 aliphatic rings. The Balaban J connectivity index is 1.59. The van der Waals surface area contributed by atoms with Gasteiger partial charge in [-0.15, -0.1) is 0 Å². The van der Waals surface area contributed by atoms with Gasteiger partial charge in [-0.2, -0.15) is 0 Å². The predicted octanol–water partition coefficient (Wildman–Crippen LogP) is 18.4. The molecule has 2 heterocycles. The van der Waals surface area contributed by atoms with Gasteiger partial charge in [0.25, 0.3) is 0 Å². The van der Waals surface area contributed by atoms with Gasteiger partial charge in [0.15, 0.2) is 6.61 Å². The molecule has 6 aromatic carbocycles. The third-order valence-electron chi connectivity index (χ3n) is 13.2. The van der Waals surface area contributed by atoms with Crippen molar-refractivity contribution in [1.82, 2.24) is 0 Å². The van der Waals surface area contributed by atoms with E-state index in [0.717, 1.165) is 74.6 Å². The molecule has 0 N–H and O–H groups in total. The molecule has 0 radical (unpaired) electrons. The number of hydrogen-bond acceptors (Lipinski definition) is 7. The lowest BCUT2D eigenvalue weighted by Crippen LogP contribution is -2.39. The van der Waals surface area contributed by atoms with Crippen LogP contribution in [0.2, 0.25) is 39.3 Å². The summed E-state index contributed by atoms with van der Waals surface area (Å²) in [6.07, 6.45) is 0. The highest BCUT2D eigenvalue weighted by Gasteiger charge is 2.37. The van der Waals surface area contributed by atoms with Crippen LogP contribution in [-0.4, -0.2) is 28.7 Å². The van der Waals surface area contributed by atoms with Crippen molar-refractivity contribution in [2.45, 2.75) is 133 Å². The molecule has 0 bridgehead atoms. The molecule has 0 aliphatic carbocycles. The standard InChI is InChI=1S/C58H68Br2O7P2Si2/c1-32-19-34(3)51(35(4)20-32)38-23-42(55(48(25-38)70(13,14)15)66-68-62-31-50(61)63-68)43-24-39(52-36(5)21-33(2)22-37(52)6)26-49(71(16,17)18)56(43)67-69-64-53-44(27-40(59)29-46(53)57(7,8)9)45-28-41(60)30-47(54(45)65-69)58(10,11)12/h19-30H,31H2,1-18H3. The van der Waals surface area contributed by atoms with Gasteiger partial charge in [0.1, 0.15) is 22.7 Å². The van der Waals surface area contributed by atoms with Gasteiger partial charge in [-0.3, -0.25) is 4.52 Å². The second-order valence-electron chi connectivity index (χ2n) is 23.6. The van der Waals surface area contributed by atoms with E-state index < -0.39 is 39.0 Å². The highest BCUT2D eigenvalue weighted by molar-refractivity contribution is 9.10. The van der Waals surface area contributed by atoms with Crippen LogP contribution in [0.25, 0.3) is 55.3 Å². The molecule has 7 nitrogen and oxygen atoms in total. The Hall–Kier alpha value is -3.93. The van der Waals surface area contributed by atoms with Crippen LogP contribution in [0.1, 0.15) is 86.1 Å². The fourth-order valence-electron chi connectivity index (χ4n) is 10.1. The Kier molecular flexibility index (Phi) is 14.6. The number of aryl methyl sites for hydroxylation is 6. The number of benzene rings is 6. The summed E-state index contributed by atoms with van der Waals surface area (Å²) in [5.41, 5.74) is 16.2. The summed E-state index contributed by atoms with van der Waals surface area (Å²) in [6, 6.07) is 26.8. The summed E-state index contributed by atoms with van der Waals surface area (Å²) in [5, 5.41) is 4.02. The first kappa shape index (κ1) is 53.4. The molecule has 7 aromatic rings. The van der Waals surface area contributed by atoms with Crippen molar-refractivity contribution in [3.63, 3.8) is 0 Å². The zero-order chi connectivity index (χ0) is 52.0. The van der Waals surface area contributed by atoms with Crippen molar-refractivity contribution < 1.29 is 31.3 Å². The number of halogens is 2. The van der Waals surface area contributed by atoms with E-state index in [2.05, 4.69) is 227 Å². The Bertz CT molecular complexity index is 3220. The van der Waals surface area contributed by atoms with Gasteiger partial charge in [-0.05, 0) is 144 Å². The van der Waals surface area contributed by atoms with Gasteiger partial charge >= 0.3 is 22.8 Å². The Morgan fingerprint density at radius 2 is 0.915 bits per heavy atom. The van der Waals surface area contributed by atoms with E-state index in [9.17, 15) is 4.79 Å². The second kappa shape index (κ2) is 19.4. The van der Waals surface area contributed by atoms with Crippen LogP contribution in [0.4, 0.5) is 0 Å². The second-order valence-corrected chi connectivity index (χ2v) is 37.5. The summed E-state index contributed by atoms with van der Waals surface area (Å²) >= 11 is 7.77. The van der Waals surface area contributed by atoms with Gasteiger partial charge in [-0.25, -0.2) is 4.79 Å². The zero-order valence-electron chi connectivity index (χ0n) is 44.6. The molecule has 8 rings (SSSR count). The van der Waals surface area contributed by atoms with Crippen LogP contribution in [0.3, 0.4) is 0 Å². The van der Waals surface area contributed by atoms with Crippen LogP contribution < -0.4 is 19.4 Å². The first-order chi connectivity index (χ1) is 32.9. The van der Waals surface area contributed by atoms with Crippen LogP contribution in [0.15, 0.2) is 90.1 Å². The van der Waals surface area contributed by atoms with Crippen molar-refractivity contribution in [3.05, 3.63) is 126 Å². The Labute approximate surface area is 442 Å². The van der Waals surface area contributed by atoms with E-state index in [1.165, 1.54) is 44.5 Å². The maximum Gasteiger partial charge on any atom is 0.465 e. The summed E-state index contributed by atoms with van der Waals surface area (Å²) < 4.78 is 43.0. The smallest absolute Gasteiger partial charge is 0.417 e. The van der Waals surface area contributed by atoms with Crippen molar-refractivity contribution in [3.8, 4) is 44.9 Å². The molecule has 1 atom stereocenters. The minimum absolute atomic E-state index is 0.166. The summed E-state index contributed by atoms with van der Waals surface area (Å²) in [7, 11) is -8.90. The van der Waals surface area contributed by atoms with Gasteiger partial charge in [0.05, 0.1) is 16.1 Å². The molecule has 1 saturated heterocycles. The highest BCUT2D eigenvalue weighted by atomic mass is 79.9. The van der Waals surface area contributed by atoms with Gasteiger partial charge in [0, 0.05) is 42.0 Å². The fourth-order valence-corrected chi connectivity index (χ4v) is 16.1. The van der Waals surface area contributed by atoms with Gasteiger partial charge in [0.2, 0.25) is 0 Å². The van der Waals surface area contributed by atoms with Crippen LogP contribution in [0.5, 0.6) is 11.5 Å². The molecular weight excluding hydrogens is 1090 g/mol. The van der Waals surface area contributed by atoms with E-state index in [1.54, 1.807) is 0 Å². The number of fused-ring (bicyclic) bond motifs is 3. The minimum Gasteiger partial charge on any atom is -0.417 e. The third kappa shape index (κ3) is 11.0. The molecule has 0 spiro atoms. The van der Waals surface area contributed by atoms with Crippen LogP contribution >= 0.6 is 48.7 Å². The van der Waals surface area contributed by atoms with Crippen molar-refractivity contribution >= 4 is 103 Å². The Morgan fingerprint density at radius 1 is 0.535 bits per heavy atom. The summed E-state index contributed by atoms with van der Waals surface area (Å²) in [5.74, 6) is 0.859. The lowest BCUT2D eigenvalue weighted by atomic mass is 9.84. The average molecular weight is 1160 g/mol. The van der Waals surface area contributed by atoms with E-state index in [-0.39, 0.29) is 17.4 Å². The lowest BCUT2D eigenvalue weighted by molar-refractivity contribution is -0.132. The minimum atomic E-state index is -2.36. The highest BCUT2D eigenvalue weighted by Crippen LogP contribution is 2.52. The average Bonchev–Trinajstić information content (AvgIpc) is 3.57. The SMILES string of the molecule is Cc1cc(C)c(-c2cc(-c3cc(-c4c(C)cc(C)cc4C)cc([Si](C)(C)C)c3Op3oc4c(C(C)(C)C)cc(Br)cc4c4cc(Br)cc(C(C)(C)C)c4o3)c(OP3OCC(=O)O3)c([Si](C)(C)C)c2)c(C)c1. The molecular formula is C58H68Br2O7P2Si2. The molecule has 71 heavy (non-hydrogen) atoms. The fraction of sp³-hybridized carbons (Fsp3) is 0.362. The van der Waals surface area contributed by atoms with Crippen molar-refractivity contribution in [2.24, 2.45) is 0 Å². The van der Waals surface area contributed by atoms with Gasteiger partial charge < -0.3 is 22.0 Å². The first-order valence-electron chi connectivity index (χ1n) is 24.3. The number of hydrogen-bond donors (Lipinski definition) is 0. The summed E-state index contributed by atoms with van der Waals surface area (Å²) in [4.78, 5) is 12.7. The maximum atomic E-state index is 12.7. The summed E-state index contributed by atoms with van der Waals surface area (Å²) in [6.45, 7) is 40.2. The van der Waals surface area contributed by atoms with Crippen molar-refractivity contribution in [2.75, 3.05) is 6.61 Å². The molecule has 13 heteroatoms. The van der Waals surface area contributed by atoms with Crippen molar-refractivity contribution in [1.29, 1.82) is 0 Å². The van der Waals surface area contributed by atoms with E-state index in [4.69, 9.17) is 26.5 Å². The maximum absolute atomic E-state index is 12.7. The number of carbonyl (C=O) groups excluding carboxylic acids is 1. The monoisotopic (exact) mass is 1150 g/mol. The Morgan fingerprint density at radius 3 is 1.25 bits per heavy atom. The zero-order valence-corrected chi connectivity index (χ0v) is 51.6. The molecule has 374 valence electrons. The molecule has 1 aromatic heterocycles. The lowest BCUT2D eigenvalue weighted by Gasteiger charge is -2.29. The first-order valence-corrected chi connectivity index (χ1v) is 35.0. The third-order valence-corrected chi connectivity index (χ3v) is 20.1. The molecule has 0 saturated carbocycles. The molecule has 1 aliphatic heterocycles. The molecule has 1 fully saturated rings. The van der Waals surface area contributed by atoms with E-state index in [1.807, 2.05) is 0 Å². The normalized spacial score (nSPS) is 14.6. The molecule has 1 unspecified atom stereocenters. The quantitative estimate of drug-likeness (QED) is 0.105. The largest absolute Gasteiger partial charge is 0.465 e.